The van der Waals surface area contributed by atoms with E-state index in [-0.39, 0.29) is 23.6 Å². The highest BCUT2D eigenvalue weighted by Gasteiger charge is 2.32. The van der Waals surface area contributed by atoms with Crippen molar-refractivity contribution in [2.24, 2.45) is 0 Å². The Kier molecular flexibility index (Phi) is 5.97. The zero-order valence-corrected chi connectivity index (χ0v) is 17.2. The molecule has 0 aromatic heterocycles. The fraction of sp³-hybridized carbons (Fsp3) is 0.364. The van der Waals surface area contributed by atoms with Crippen LogP contribution in [0.5, 0.6) is 11.5 Å². The molecule has 5 nitrogen and oxygen atoms in total. The Hall–Kier alpha value is -2.49. The molecule has 1 aliphatic rings. The molecule has 3 rings (SSSR count). The molecule has 6 heteroatoms. The topological polar surface area (TPSA) is 64.6 Å². The van der Waals surface area contributed by atoms with Gasteiger partial charge < -0.3 is 9.47 Å². The molecule has 1 heterocycles. The summed E-state index contributed by atoms with van der Waals surface area (Å²) in [6, 6.07) is 12.7. The van der Waals surface area contributed by atoms with Crippen molar-refractivity contribution in [2.75, 3.05) is 13.2 Å². The Balaban J connectivity index is 1.52. The molecule has 0 unspecified atom stereocenters. The number of hydrogen-bond donors (Lipinski definition) is 1. The van der Waals surface area contributed by atoms with Crippen LogP contribution in [0.4, 0.5) is 0 Å². The van der Waals surface area contributed by atoms with Crippen molar-refractivity contribution in [3.63, 3.8) is 0 Å². The second-order valence-corrected chi connectivity index (χ2v) is 9.01. The van der Waals surface area contributed by atoms with E-state index in [1.807, 2.05) is 51.1 Å². The number of para-hydroxylation sites is 1. The van der Waals surface area contributed by atoms with Crippen LogP contribution in [-0.2, 0) is 22.9 Å². The highest BCUT2D eigenvalue weighted by Crippen LogP contribution is 2.41. The molecule has 0 saturated carbocycles. The number of benzene rings is 2. The minimum Gasteiger partial charge on any atom is -0.483 e. The first kappa shape index (κ1) is 20.2. The molecule has 28 heavy (non-hydrogen) atoms. The molecule has 0 aliphatic carbocycles. The van der Waals surface area contributed by atoms with E-state index in [0.717, 1.165) is 29.7 Å². The highest BCUT2D eigenvalue weighted by molar-refractivity contribution is 7.89. The van der Waals surface area contributed by atoms with Crippen LogP contribution in [0.3, 0.4) is 0 Å². The Morgan fingerprint density at radius 2 is 1.89 bits per heavy atom. The van der Waals surface area contributed by atoms with Crippen molar-refractivity contribution in [1.82, 2.24) is 4.72 Å². The largest absolute Gasteiger partial charge is 0.483 e. The third kappa shape index (κ3) is 4.86. The van der Waals surface area contributed by atoms with Crippen molar-refractivity contribution in [2.45, 2.75) is 44.1 Å². The molecule has 0 amide bonds. The van der Waals surface area contributed by atoms with Crippen LogP contribution in [0.2, 0.25) is 0 Å². The Labute approximate surface area is 167 Å². The van der Waals surface area contributed by atoms with E-state index in [1.165, 1.54) is 0 Å². The third-order valence-electron chi connectivity index (χ3n) is 4.47. The minimum absolute atomic E-state index is 0.0254. The average Bonchev–Trinajstić information content (AvgIpc) is 2.99. The van der Waals surface area contributed by atoms with Crippen LogP contribution in [-0.4, -0.2) is 27.2 Å². The van der Waals surface area contributed by atoms with E-state index in [2.05, 4.69) is 16.6 Å². The van der Waals surface area contributed by atoms with Gasteiger partial charge in [-0.05, 0) is 44.0 Å². The molecular weight excluding hydrogens is 374 g/mol. The lowest BCUT2D eigenvalue weighted by Gasteiger charge is -2.17. The predicted molar refractivity (Wildman–Crippen MR) is 109 cm³/mol. The smallest absolute Gasteiger partial charge is 0.241 e. The van der Waals surface area contributed by atoms with Gasteiger partial charge in [-0.25, -0.2) is 8.42 Å². The summed E-state index contributed by atoms with van der Waals surface area (Å²) in [4.78, 5) is 0.238. The van der Waals surface area contributed by atoms with Crippen LogP contribution >= 0.6 is 0 Å². The van der Waals surface area contributed by atoms with Crippen molar-refractivity contribution in [3.8, 4) is 23.3 Å². The molecule has 148 valence electrons. The van der Waals surface area contributed by atoms with Crippen molar-refractivity contribution >= 4 is 10.0 Å². The molecule has 0 atom stereocenters. The molecule has 0 radical (unpaired) electrons. The summed E-state index contributed by atoms with van der Waals surface area (Å²) >= 11 is 0. The molecule has 0 saturated heterocycles. The van der Waals surface area contributed by atoms with Gasteiger partial charge in [0.2, 0.25) is 10.0 Å². The zero-order valence-electron chi connectivity index (χ0n) is 16.4. The lowest BCUT2D eigenvalue weighted by Crippen LogP contribution is -2.24. The minimum atomic E-state index is -3.56. The molecule has 2 aromatic rings. The number of rotatable bonds is 6. The van der Waals surface area contributed by atoms with Crippen LogP contribution in [0.15, 0.2) is 47.4 Å². The van der Waals surface area contributed by atoms with Gasteiger partial charge in [0.15, 0.2) is 11.5 Å². The van der Waals surface area contributed by atoms with E-state index in [9.17, 15) is 8.42 Å². The maximum absolute atomic E-state index is 12.2. The summed E-state index contributed by atoms with van der Waals surface area (Å²) in [6.07, 6.45) is 1.71. The van der Waals surface area contributed by atoms with Crippen molar-refractivity contribution < 1.29 is 17.9 Å². The number of fused-ring (bicyclic) bond motifs is 1. The second-order valence-electron chi connectivity index (χ2n) is 7.25. The molecule has 1 N–H and O–H groups in total. The summed E-state index contributed by atoms with van der Waals surface area (Å²) in [6.45, 7) is 6.29. The SMILES string of the molecule is CCc1ccc(S(=O)(=O)NCC#CCOc2cccc3c2OC(C)(C)C3)cc1. The van der Waals surface area contributed by atoms with E-state index < -0.39 is 10.0 Å². The van der Waals surface area contributed by atoms with Gasteiger partial charge in [-0.1, -0.05) is 43.0 Å². The van der Waals surface area contributed by atoms with Crippen LogP contribution in [0.1, 0.15) is 31.9 Å². The van der Waals surface area contributed by atoms with Gasteiger partial charge in [-0.2, -0.15) is 4.72 Å². The first-order chi connectivity index (χ1) is 13.3. The maximum Gasteiger partial charge on any atom is 0.241 e. The standard InChI is InChI=1S/C22H25NO4S/c1-4-17-10-12-19(13-11-17)28(24,25)23-14-5-6-15-26-20-9-7-8-18-16-22(2,3)27-21(18)20/h7-13,23H,4,14-16H2,1-3H3. The number of sulfonamides is 1. The third-order valence-corrected chi connectivity index (χ3v) is 5.89. The van der Waals surface area contributed by atoms with Gasteiger partial charge in [-0.15, -0.1) is 0 Å². The van der Waals surface area contributed by atoms with Gasteiger partial charge in [-0.3, -0.25) is 0 Å². The molecule has 1 aliphatic heterocycles. The predicted octanol–water partition coefficient (Wildman–Crippen LogP) is 3.32. The fourth-order valence-corrected chi connectivity index (χ4v) is 3.97. The van der Waals surface area contributed by atoms with E-state index in [4.69, 9.17) is 9.47 Å². The van der Waals surface area contributed by atoms with Crippen LogP contribution < -0.4 is 14.2 Å². The number of aryl methyl sites for hydroxylation is 1. The molecule has 0 bridgehead atoms. The highest BCUT2D eigenvalue weighted by atomic mass is 32.2. The van der Waals surface area contributed by atoms with Gasteiger partial charge in [0.25, 0.3) is 0 Å². The molecule has 0 fully saturated rings. The lowest BCUT2D eigenvalue weighted by atomic mass is 10.0. The molecule has 0 spiro atoms. The average molecular weight is 400 g/mol. The second kappa shape index (κ2) is 8.26. The first-order valence-corrected chi connectivity index (χ1v) is 10.8. The Morgan fingerprint density at radius 3 is 2.61 bits per heavy atom. The number of nitrogens with one attached hydrogen (secondary N) is 1. The monoisotopic (exact) mass is 399 g/mol. The lowest BCUT2D eigenvalue weighted by molar-refractivity contribution is 0.133. The first-order valence-electron chi connectivity index (χ1n) is 9.29. The molecule has 2 aromatic carbocycles. The Morgan fingerprint density at radius 1 is 1.14 bits per heavy atom. The zero-order chi connectivity index (χ0) is 20.2. The normalized spacial score (nSPS) is 14.5. The van der Waals surface area contributed by atoms with Gasteiger partial charge in [0.1, 0.15) is 12.2 Å². The van der Waals surface area contributed by atoms with Crippen molar-refractivity contribution in [3.05, 3.63) is 53.6 Å². The van der Waals surface area contributed by atoms with Gasteiger partial charge >= 0.3 is 0 Å². The van der Waals surface area contributed by atoms with Gasteiger partial charge in [0.05, 0.1) is 11.4 Å². The van der Waals surface area contributed by atoms with E-state index in [0.29, 0.717) is 5.75 Å². The van der Waals surface area contributed by atoms with E-state index >= 15 is 0 Å². The fourth-order valence-electron chi connectivity index (χ4n) is 3.05. The van der Waals surface area contributed by atoms with Crippen LogP contribution in [0, 0.1) is 11.8 Å². The summed E-state index contributed by atoms with van der Waals surface area (Å²) in [5.74, 6) is 7.05. The summed E-state index contributed by atoms with van der Waals surface area (Å²) in [5.41, 5.74) is 1.98. The summed E-state index contributed by atoms with van der Waals surface area (Å²) in [5, 5.41) is 0. The quantitative estimate of drug-likeness (QED) is 0.757. The molecular formula is C22H25NO4S. The van der Waals surface area contributed by atoms with Gasteiger partial charge in [0, 0.05) is 12.0 Å². The summed E-state index contributed by atoms with van der Waals surface area (Å²) in [7, 11) is -3.56. The van der Waals surface area contributed by atoms with E-state index in [1.54, 1.807) is 12.1 Å². The number of ether oxygens (including phenoxy) is 2. The van der Waals surface area contributed by atoms with Crippen LogP contribution in [0.25, 0.3) is 0 Å². The maximum atomic E-state index is 12.2. The summed E-state index contributed by atoms with van der Waals surface area (Å²) < 4.78 is 38.6. The van der Waals surface area contributed by atoms with Crippen molar-refractivity contribution in [1.29, 1.82) is 0 Å². The Bertz CT molecular complexity index is 999. The number of hydrogen-bond acceptors (Lipinski definition) is 4.